The molecule has 2 aromatic rings. The normalized spacial score (nSPS) is 10.3. The largest absolute Gasteiger partial charge is 0.478 e. The highest BCUT2D eigenvalue weighted by molar-refractivity contribution is 5.87. The van der Waals surface area contributed by atoms with Crippen LogP contribution in [0, 0.1) is 18.6 Å². The molecule has 0 aliphatic carbocycles. The van der Waals surface area contributed by atoms with Crippen LogP contribution in [0.3, 0.4) is 0 Å². The van der Waals surface area contributed by atoms with Gasteiger partial charge in [-0.15, -0.1) is 0 Å². The number of pyridine rings is 1. The van der Waals surface area contributed by atoms with Crippen LogP contribution in [0.4, 0.5) is 8.78 Å². The van der Waals surface area contributed by atoms with Crippen molar-refractivity contribution >= 4 is 5.97 Å². The topological polar surface area (TPSA) is 59.4 Å². The van der Waals surface area contributed by atoms with Crippen LogP contribution in [0.15, 0.2) is 30.5 Å². The summed E-state index contributed by atoms with van der Waals surface area (Å²) >= 11 is 0. The fourth-order valence-electron chi connectivity index (χ4n) is 1.45. The zero-order chi connectivity index (χ0) is 14.0. The molecule has 4 nitrogen and oxygen atoms in total. The molecule has 1 aromatic carbocycles. The number of rotatable bonds is 3. The van der Waals surface area contributed by atoms with Gasteiger partial charge >= 0.3 is 5.97 Å². The highest BCUT2D eigenvalue weighted by Crippen LogP contribution is 2.26. The summed E-state index contributed by atoms with van der Waals surface area (Å²) < 4.78 is 31.5. The molecular weight excluding hydrogens is 256 g/mol. The van der Waals surface area contributed by atoms with E-state index >= 15 is 0 Å². The van der Waals surface area contributed by atoms with Crippen molar-refractivity contribution in [2.24, 2.45) is 0 Å². The van der Waals surface area contributed by atoms with Gasteiger partial charge in [-0.1, -0.05) is 0 Å². The first-order chi connectivity index (χ1) is 8.97. The van der Waals surface area contributed by atoms with E-state index in [9.17, 15) is 13.6 Å². The molecule has 6 heteroatoms. The van der Waals surface area contributed by atoms with Gasteiger partial charge in [0, 0.05) is 17.8 Å². The summed E-state index contributed by atoms with van der Waals surface area (Å²) in [4.78, 5) is 14.5. The molecule has 0 spiro atoms. The van der Waals surface area contributed by atoms with E-state index in [1.807, 2.05) is 0 Å². The summed E-state index contributed by atoms with van der Waals surface area (Å²) in [7, 11) is 0. The molecule has 2 rings (SSSR count). The molecule has 0 fully saturated rings. The number of benzene rings is 1. The van der Waals surface area contributed by atoms with E-state index in [0.29, 0.717) is 5.56 Å². The van der Waals surface area contributed by atoms with Gasteiger partial charge in [0.15, 0.2) is 11.6 Å². The van der Waals surface area contributed by atoms with Crippen LogP contribution in [0.25, 0.3) is 0 Å². The number of halogens is 2. The number of aromatic carboxylic acids is 1. The van der Waals surface area contributed by atoms with Crippen molar-refractivity contribution < 1.29 is 23.4 Å². The molecule has 0 radical (unpaired) electrons. The van der Waals surface area contributed by atoms with Crippen LogP contribution in [0.1, 0.15) is 15.9 Å². The Kier molecular flexibility index (Phi) is 3.41. The Morgan fingerprint density at radius 2 is 2.05 bits per heavy atom. The van der Waals surface area contributed by atoms with Gasteiger partial charge in [0.1, 0.15) is 5.82 Å². The van der Waals surface area contributed by atoms with Crippen LogP contribution in [0.5, 0.6) is 11.6 Å². The second-order valence-electron chi connectivity index (χ2n) is 3.83. The first kappa shape index (κ1) is 12.9. The monoisotopic (exact) mass is 265 g/mol. The minimum atomic E-state index is -1.13. The standard InChI is InChI=1S/C13H9F2NO3/c1-7-4-8(13(17)18)6-16-12(7)19-11-5-9(14)2-3-10(11)15/h2-6H,1H3,(H,17,18). The molecule has 98 valence electrons. The zero-order valence-electron chi connectivity index (χ0n) is 9.85. The molecular formula is C13H9F2NO3. The molecule has 0 bridgehead atoms. The van der Waals surface area contributed by atoms with Gasteiger partial charge in [-0.3, -0.25) is 0 Å². The second kappa shape index (κ2) is 5.01. The lowest BCUT2D eigenvalue weighted by Gasteiger charge is -2.08. The van der Waals surface area contributed by atoms with Crippen molar-refractivity contribution in [3.05, 3.63) is 53.2 Å². The van der Waals surface area contributed by atoms with Gasteiger partial charge in [-0.25, -0.2) is 18.6 Å². The first-order valence-corrected chi connectivity index (χ1v) is 5.30. The zero-order valence-corrected chi connectivity index (χ0v) is 9.85. The SMILES string of the molecule is Cc1cc(C(=O)O)cnc1Oc1cc(F)ccc1F. The van der Waals surface area contributed by atoms with Crippen molar-refractivity contribution in [2.45, 2.75) is 6.92 Å². The molecule has 0 unspecified atom stereocenters. The minimum absolute atomic E-state index is 0.00966. The Hall–Kier alpha value is -2.50. The van der Waals surface area contributed by atoms with Gasteiger partial charge in [-0.05, 0) is 25.1 Å². The molecule has 0 saturated heterocycles. The van der Waals surface area contributed by atoms with Crippen molar-refractivity contribution in [1.29, 1.82) is 0 Å². The van der Waals surface area contributed by atoms with E-state index in [0.717, 1.165) is 24.4 Å². The van der Waals surface area contributed by atoms with Crippen LogP contribution in [-0.4, -0.2) is 16.1 Å². The first-order valence-electron chi connectivity index (χ1n) is 5.30. The molecule has 1 N–H and O–H groups in total. The average molecular weight is 265 g/mol. The number of aryl methyl sites for hydroxylation is 1. The van der Waals surface area contributed by atoms with Gasteiger partial charge in [0.05, 0.1) is 5.56 Å². The van der Waals surface area contributed by atoms with Crippen LogP contribution in [0.2, 0.25) is 0 Å². The van der Waals surface area contributed by atoms with E-state index in [2.05, 4.69) is 4.98 Å². The lowest BCUT2D eigenvalue weighted by Crippen LogP contribution is -2.00. The summed E-state index contributed by atoms with van der Waals surface area (Å²) in [6.45, 7) is 1.56. The summed E-state index contributed by atoms with van der Waals surface area (Å²) in [5.74, 6) is -2.78. The molecule has 19 heavy (non-hydrogen) atoms. The molecule has 0 aliphatic rings. The number of hydrogen-bond acceptors (Lipinski definition) is 3. The maximum atomic E-state index is 13.4. The lowest BCUT2D eigenvalue weighted by atomic mass is 10.2. The average Bonchev–Trinajstić information content (AvgIpc) is 2.36. The fourth-order valence-corrected chi connectivity index (χ4v) is 1.45. The second-order valence-corrected chi connectivity index (χ2v) is 3.83. The van der Waals surface area contributed by atoms with E-state index < -0.39 is 17.6 Å². The number of carbonyl (C=O) groups is 1. The number of ether oxygens (including phenoxy) is 1. The van der Waals surface area contributed by atoms with E-state index in [-0.39, 0.29) is 17.2 Å². The van der Waals surface area contributed by atoms with Crippen LogP contribution in [-0.2, 0) is 0 Å². The smallest absolute Gasteiger partial charge is 0.337 e. The number of aromatic nitrogens is 1. The third-order valence-electron chi connectivity index (χ3n) is 2.38. The molecule has 0 amide bonds. The Morgan fingerprint density at radius 1 is 1.32 bits per heavy atom. The number of nitrogens with zero attached hydrogens (tertiary/aromatic N) is 1. The third-order valence-corrected chi connectivity index (χ3v) is 2.38. The third kappa shape index (κ3) is 2.85. The molecule has 0 atom stereocenters. The van der Waals surface area contributed by atoms with E-state index in [4.69, 9.17) is 9.84 Å². The summed E-state index contributed by atoms with van der Waals surface area (Å²) in [5.41, 5.74) is 0.396. The van der Waals surface area contributed by atoms with Gasteiger partial charge in [0.2, 0.25) is 5.88 Å². The van der Waals surface area contributed by atoms with Gasteiger partial charge < -0.3 is 9.84 Å². The van der Waals surface area contributed by atoms with Crippen molar-refractivity contribution in [2.75, 3.05) is 0 Å². The predicted octanol–water partition coefficient (Wildman–Crippen LogP) is 3.16. The van der Waals surface area contributed by atoms with E-state index in [1.165, 1.54) is 6.07 Å². The Bertz CT molecular complexity index is 644. The summed E-state index contributed by atoms with van der Waals surface area (Å²) in [5, 5.41) is 8.78. The Balaban J connectivity index is 2.33. The van der Waals surface area contributed by atoms with Crippen LogP contribution >= 0.6 is 0 Å². The van der Waals surface area contributed by atoms with Crippen LogP contribution < -0.4 is 4.74 Å². The minimum Gasteiger partial charge on any atom is -0.478 e. The highest BCUT2D eigenvalue weighted by atomic mass is 19.1. The highest BCUT2D eigenvalue weighted by Gasteiger charge is 2.11. The maximum absolute atomic E-state index is 13.4. The molecule has 1 aromatic heterocycles. The fraction of sp³-hybridized carbons (Fsp3) is 0.0769. The Morgan fingerprint density at radius 3 is 2.68 bits per heavy atom. The number of carboxylic acids is 1. The number of hydrogen-bond donors (Lipinski definition) is 1. The summed E-state index contributed by atoms with van der Waals surface area (Å²) in [6.07, 6.45) is 1.09. The van der Waals surface area contributed by atoms with Gasteiger partial charge in [0.25, 0.3) is 0 Å². The van der Waals surface area contributed by atoms with Crippen molar-refractivity contribution in [3.63, 3.8) is 0 Å². The van der Waals surface area contributed by atoms with Crippen molar-refractivity contribution in [3.8, 4) is 11.6 Å². The number of carboxylic acid groups (broad SMARTS) is 1. The van der Waals surface area contributed by atoms with Gasteiger partial charge in [-0.2, -0.15) is 0 Å². The molecule has 0 saturated carbocycles. The lowest BCUT2D eigenvalue weighted by molar-refractivity contribution is 0.0696. The maximum Gasteiger partial charge on any atom is 0.337 e. The quantitative estimate of drug-likeness (QED) is 0.926. The molecule has 1 heterocycles. The Labute approximate surface area is 107 Å². The van der Waals surface area contributed by atoms with E-state index in [1.54, 1.807) is 6.92 Å². The van der Waals surface area contributed by atoms with Crippen molar-refractivity contribution in [1.82, 2.24) is 4.98 Å². The molecule has 0 aliphatic heterocycles. The predicted molar refractivity (Wildman–Crippen MR) is 62.4 cm³/mol. The summed E-state index contributed by atoms with van der Waals surface area (Å²) in [6, 6.07) is 4.13.